The number of hydrogen-bond donors (Lipinski definition) is 1. The molecule has 1 heterocycles. The minimum absolute atomic E-state index is 0.449. The summed E-state index contributed by atoms with van der Waals surface area (Å²) in [4.78, 5) is 0. The van der Waals surface area contributed by atoms with Gasteiger partial charge in [0.25, 0.3) is 0 Å². The monoisotopic (exact) mass is 288 g/mol. The van der Waals surface area contributed by atoms with Crippen LogP contribution in [0.2, 0.25) is 0 Å². The fourth-order valence-corrected chi connectivity index (χ4v) is 2.32. The molecule has 2 aromatic rings. The minimum atomic E-state index is -0.449. The fourth-order valence-electron chi connectivity index (χ4n) is 2.32. The summed E-state index contributed by atoms with van der Waals surface area (Å²) in [5.41, 5.74) is 1.82. The maximum absolute atomic E-state index is 9.47. The van der Waals surface area contributed by atoms with Gasteiger partial charge in [0, 0.05) is 6.20 Å². The molecule has 0 unspecified atom stereocenters. The molecule has 114 valence electrons. The van der Waals surface area contributed by atoms with Crippen LogP contribution in [-0.4, -0.2) is 14.9 Å². The molecule has 0 aliphatic carbocycles. The Kier molecular flexibility index (Phi) is 5.39. The van der Waals surface area contributed by atoms with Gasteiger partial charge in [-0.05, 0) is 43.5 Å². The molecule has 1 N–H and O–H groups in total. The molecule has 4 heteroatoms. The van der Waals surface area contributed by atoms with Crippen LogP contribution in [0.1, 0.15) is 57.0 Å². The van der Waals surface area contributed by atoms with Crippen LogP contribution in [0.25, 0.3) is 0 Å². The lowest BCUT2D eigenvalue weighted by Crippen LogP contribution is -2.08. The number of nitrogens with zero attached hydrogens (tertiary/aromatic N) is 2. The SMILES string of the molecule is CCC(CC)n1ccc(COc2ccc([C@@H](C)O)cc2)n1. The van der Waals surface area contributed by atoms with Crippen LogP contribution < -0.4 is 4.74 Å². The van der Waals surface area contributed by atoms with Crippen LogP contribution >= 0.6 is 0 Å². The van der Waals surface area contributed by atoms with Crippen LogP contribution in [0.5, 0.6) is 5.75 Å². The van der Waals surface area contributed by atoms with E-state index in [1.54, 1.807) is 6.92 Å². The first-order chi connectivity index (χ1) is 10.1. The van der Waals surface area contributed by atoms with Crippen molar-refractivity contribution >= 4 is 0 Å². The molecular formula is C17H24N2O2. The second kappa shape index (κ2) is 7.27. The molecule has 2 rings (SSSR count). The molecule has 1 atom stereocenters. The van der Waals surface area contributed by atoms with Gasteiger partial charge >= 0.3 is 0 Å². The van der Waals surface area contributed by atoms with E-state index in [0.29, 0.717) is 12.6 Å². The summed E-state index contributed by atoms with van der Waals surface area (Å²) >= 11 is 0. The summed E-state index contributed by atoms with van der Waals surface area (Å²) in [6, 6.07) is 9.97. The van der Waals surface area contributed by atoms with Crippen LogP contribution in [0.15, 0.2) is 36.5 Å². The van der Waals surface area contributed by atoms with E-state index in [4.69, 9.17) is 4.74 Å². The third-order valence-electron chi connectivity index (χ3n) is 3.73. The summed E-state index contributed by atoms with van der Waals surface area (Å²) < 4.78 is 7.75. The van der Waals surface area contributed by atoms with Gasteiger partial charge in [0.1, 0.15) is 12.4 Å². The van der Waals surface area contributed by atoms with Crippen molar-refractivity contribution in [1.82, 2.24) is 9.78 Å². The van der Waals surface area contributed by atoms with Crippen LogP contribution in [0.3, 0.4) is 0 Å². The van der Waals surface area contributed by atoms with E-state index in [2.05, 4.69) is 18.9 Å². The van der Waals surface area contributed by atoms with Gasteiger partial charge in [-0.15, -0.1) is 0 Å². The Morgan fingerprint density at radius 2 is 1.81 bits per heavy atom. The van der Waals surface area contributed by atoms with Crippen molar-refractivity contribution in [3.05, 3.63) is 47.8 Å². The molecule has 1 aromatic heterocycles. The number of benzene rings is 1. The maximum atomic E-state index is 9.47. The third-order valence-corrected chi connectivity index (χ3v) is 3.73. The molecular weight excluding hydrogens is 264 g/mol. The minimum Gasteiger partial charge on any atom is -0.487 e. The number of hydrogen-bond acceptors (Lipinski definition) is 3. The van der Waals surface area contributed by atoms with E-state index < -0.39 is 6.10 Å². The lowest BCUT2D eigenvalue weighted by molar-refractivity contribution is 0.199. The highest BCUT2D eigenvalue weighted by atomic mass is 16.5. The average Bonchev–Trinajstić information content (AvgIpc) is 2.96. The second-order valence-corrected chi connectivity index (χ2v) is 5.29. The molecule has 0 fully saturated rings. The zero-order valence-corrected chi connectivity index (χ0v) is 13.0. The lowest BCUT2D eigenvalue weighted by atomic mass is 10.1. The smallest absolute Gasteiger partial charge is 0.132 e. The van der Waals surface area contributed by atoms with Crippen molar-refractivity contribution in [2.45, 2.75) is 52.4 Å². The Bertz CT molecular complexity index is 542. The van der Waals surface area contributed by atoms with E-state index in [-0.39, 0.29) is 0 Å². The maximum Gasteiger partial charge on any atom is 0.132 e. The summed E-state index contributed by atoms with van der Waals surface area (Å²) in [7, 11) is 0. The van der Waals surface area contributed by atoms with E-state index in [9.17, 15) is 5.11 Å². The summed E-state index contributed by atoms with van der Waals surface area (Å²) in [5.74, 6) is 0.788. The molecule has 21 heavy (non-hydrogen) atoms. The predicted molar refractivity (Wildman–Crippen MR) is 83.3 cm³/mol. The number of aliphatic hydroxyl groups is 1. The highest BCUT2D eigenvalue weighted by Gasteiger charge is 2.08. The van der Waals surface area contributed by atoms with E-state index in [1.807, 2.05) is 41.2 Å². The number of ether oxygens (including phenoxy) is 1. The molecule has 0 radical (unpaired) electrons. The summed E-state index contributed by atoms with van der Waals surface area (Å²) in [6.45, 7) is 6.56. The third kappa shape index (κ3) is 4.08. The van der Waals surface area contributed by atoms with Gasteiger partial charge in [0.15, 0.2) is 0 Å². The molecule has 1 aromatic carbocycles. The number of aliphatic hydroxyl groups excluding tert-OH is 1. The normalized spacial score (nSPS) is 12.6. The summed E-state index contributed by atoms with van der Waals surface area (Å²) in [6.07, 6.45) is 3.74. The molecule has 0 amide bonds. The molecule has 0 aliphatic rings. The molecule has 0 spiro atoms. The Balaban J connectivity index is 1.93. The molecule has 0 aliphatic heterocycles. The van der Waals surface area contributed by atoms with Crippen molar-refractivity contribution in [1.29, 1.82) is 0 Å². The Labute approximate surface area is 126 Å². The average molecular weight is 288 g/mol. The van der Waals surface area contributed by atoms with Gasteiger partial charge in [-0.3, -0.25) is 4.68 Å². The van der Waals surface area contributed by atoms with Crippen LogP contribution in [-0.2, 0) is 6.61 Å². The van der Waals surface area contributed by atoms with Crippen molar-refractivity contribution in [3.8, 4) is 5.75 Å². The van der Waals surface area contributed by atoms with Crippen molar-refractivity contribution in [3.63, 3.8) is 0 Å². The largest absolute Gasteiger partial charge is 0.487 e. The quantitative estimate of drug-likeness (QED) is 0.841. The number of rotatable bonds is 7. The first kappa shape index (κ1) is 15.6. The van der Waals surface area contributed by atoms with Crippen molar-refractivity contribution in [2.75, 3.05) is 0 Å². The number of aromatic nitrogens is 2. The second-order valence-electron chi connectivity index (χ2n) is 5.29. The first-order valence-corrected chi connectivity index (χ1v) is 7.58. The van der Waals surface area contributed by atoms with Crippen LogP contribution in [0.4, 0.5) is 0 Å². The molecule has 0 saturated heterocycles. The molecule has 0 saturated carbocycles. The lowest BCUT2D eigenvalue weighted by Gasteiger charge is -2.12. The van der Waals surface area contributed by atoms with Gasteiger partial charge in [-0.2, -0.15) is 5.10 Å². The summed E-state index contributed by atoms with van der Waals surface area (Å²) in [5, 5.41) is 14.0. The van der Waals surface area contributed by atoms with E-state index >= 15 is 0 Å². The highest BCUT2D eigenvalue weighted by Crippen LogP contribution is 2.19. The van der Waals surface area contributed by atoms with Gasteiger partial charge in [0.2, 0.25) is 0 Å². The van der Waals surface area contributed by atoms with Gasteiger partial charge in [-0.1, -0.05) is 26.0 Å². The predicted octanol–water partition coefficient (Wildman–Crippen LogP) is 3.88. The molecule has 0 bridgehead atoms. The van der Waals surface area contributed by atoms with E-state index in [1.165, 1.54) is 0 Å². The van der Waals surface area contributed by atoms with Crippen LogP contribution in [0, 0.1) is 0 Å². The highest BCUT2D eigenvalue weighted by molar-refractivity contribution is 5.28. The standard InChI is InChI=1S/C17H24N2O2/c1-4-16(5-2)19-11-10-15(18-19)12-21-17-8-6-14(7-9-17)13(3)20/h6-11,13,16,20H,4-5,12H2,1-3H3/t13-/m1/s1. The Morgan fingerprint density at radius 3 is 2.38 bits per heavy atom. The zero-order valence-electron chi connectivity index (χ0n) is 13.0. The fraction of sp³-hybridized carbons (Fsp3) is 0.471. The van der Waals surface area contributed by atoms with Crippen molar-refractivity contribution < 1.29 is 9.84 Å². The van der Waals surface area contributed by atoms with Gasteiger partial charge < -0.3 is 9.84 Å². The Hall–Kier alpha value is -1.81. The Morgan fingerprint density at radius 1 is 1.14 bits per heavy atom. The molecule has 4 nitrogen and oxygen atoms in total. The van der Waals surface area contributed by atoms with E-state index in [0.717, 1.165) is 29.8 Å². The van der Waals surface area contributed by atoms with Crippen molar-refractivity contribution in [2.24, 2.45) is 0 Å². The topological polar surface area (TPSA) is 47.3 Å². The first-order valence-electron chi connectivity index (χ1n) is 7.58. The van der Waals surface area contributed by atoms with Gasteiger partial charge in [0.05, 0.1) is 17.8 Å². The van der Waals surface area contributed by atoms with Gasteiger partial charge in [-0.25, -0.2) is 0 Å². The zero-order chi connectivity index (χ0) is 15.2.